The molecule has 0 rings (SSSR count). The maximum Gasteiger partial charge on any atom is 0.0351 e. The number of unbranched alkanes of at least 4 members (excludes halogenated alkanes) is 2. The average molecular weight is 156 g/mol. The van der Waals surface area contributed by atoms with Gasteiger partial charge in [-0.3, -0.25) is 0 Å². The highest BCUT2D eigenvalue weighted by Crippen LogP contribution is 1.95. The second-order valence-corrected chi connectivity index (χ2v) is 2.20. The number of methoxy groups -OCH3 is 1. The highest BCUT2D eigenvalue weighted by atomic mass is 16.4. The first-order valence-electron chi connectivity index (χ1n) is 3.95. The van der Waals surface area contributed by atoms with E-state index in [0.717, 1.165) is 6.42 Å². The van der Waals surface area contributed by atoms with Crippen molar-refractivity contribution in [1.82, 2.24) is 0 Å². The molecular weight excluding hydrogens is 136 g/mol. The third kappa shape index (κ3) is 26.5. The highest BCUT2D eigenvalue weighted by molar-refractivity contribution is 4.78. The highest BCUT2D eigenvalue weighted by Gasteiger charge is 1.75. The van der Waals surface area contributed by atoms with Crippen molar-refractivity contribution in [2.24, 2.45) is 0 Å². The zero-order valence-electron chi connectivity index (χ0n) is 7.97. The van der Waals surface area contributed by atoms with Gasteiger partial charge in [0.05, 0.1) is 0 Å². The minimum Gasteiger partial charge on any atom is -0.388 e. The second kappa shape index (κ2) is 16.2. The Bertz CT molecular complexity index is 84.9. The molecule has 0 atom stereocenters. The molecule has 0 aliphatic carbocycles. The molecule has 0 saturated heterocycles. The average Bonchev–Trinajstić information content (AvgIpc) is 2.00. The van der Waals surface area contributed by atoms with Crippen LogP contribution in [0, 0.1) is 0 Å². The molecule has 0 radical (unpaired) electrons. The van der Waals surface area contributed by atoms with Crippen LogP contribution in [-0.4, -0.2) is 14.2 Å². The van der Waals surface area contributed by atoms with E-state index >= 15 is 0 Å². The van der Waals surface area contributed by atoms with E-state index in [0.29, 0.717) is 0 Å². The molecule has 0 N–H and O–H groups in total. The van der Waals surface area contributed by atoms with Gasteiger partial charge in [0.1, 0.15) is 0 Å². The van der Waals surface area contributed by atoms with Gasteiger partial charge in [-0.1, -0.05) is 18.2 Å². The zero-order valence-corrected chi connectivity index (χ0v) is 7.97. The monoisotopic (exact) mass is 156 g/mol. The predicted molar refractivity (Wildman–Crippen MR) is 51.8 cm³/mol. The molecule has 0 aromatic heterocycles. The normalized spacial score (nSPS) is 9.00. The molecule has 0 bridgehead atoms. The molecular formula is C10H20O. The van der Waals surface area contributed by atoms with Gasteiger partial charge in [-0.15, -0.1) is 6.58 Å². The molecule has 11 heavy (non-hydrogen) atoms. The Labute approximate surface area is 70.8 Å². The van der Waals surface area contributed by atoms with Gasteiger partial charge in [0, 0.05) is 14.2 Å². The molecule has 0 unspecified atom stereocenters. The second-order valence-electron chi connectivity index (χ2n) is 2.20. The lowest BCUT2D eigenvalue weighted by molar-refractivity contribution is 0.277. The summed E-state index contributed by atoms with van der Waals surface area (Å²) < 4.78 is 4.25. The zero-order chi connectivity index (χ0) is 8.95. The van der Waals surface area contributed by atoms with Gasteiger partial charge in [0.15, 0.2) is 0 Å². The molecule has 1 heteroatoms. The third-order valence-corrected chi connectivity index (χ3v) is 1.01. The van der Waals surface area contributed by atoms with Crippen molar-refractivity contribution in [3.05, 3.63) is 24.8 Å². The van der Waals surface area contributed by atoms with E-state index in [1.807, 2.05) is 13.0 Å². The summed E-state index contributed by atoms with van der Waals surface area (Å²) in [5, 5.41) is 0. The van der Waals surface area contributed by atoms with Gasteiger partial charge in [-0.05, 0) is 26.2 Å². The maximum atomic E-state index is 4.25. The van der Waals surface area contributed by atoms with Crippen LogP contribution >= 0.6 is 0 Å². The van der Waals surface area contributed by atoms with Crippen LogP contribution in [0.1, 0.15) is 26.2 Å². The Kier molecular flexibility index (Phi) is 19.3. The van der Waals surface area contributed by atoms with Crippen LogP contribution in [0.5, 0.6) is 0 Å². The van der Waals surface area contributed by atoms with Crippen LogP contribution in [0.2, 0.25) is 0 Å². The summed E-state index contributed by atoms with van der Waals surface area (Å²) in [4.78, 5) is 0. The predicted octanol–water partition coefficient (Wildman–Crippen LogP) is 3.18. The van der Waals surface area contributed by atoms with Gasteiger partial charge < -0.3 is 4.74 Å². The van der Waals surface area contributed by atoms with Gasteiger partial charge >= 0.3 is 0 Å². The largest absolute Gasteiger partial charge is 0.388 e. The SMILES string of the molecule is C=CCCCC=CC.COC. The van der Waals surface area contributed by atoms with E-state index in [4.69, 9.17) is 0 Å². The van der Waals surface area contributed by atoms with Crippen molar-refractivity contribution in [1.29, 1.82) is 0 Å². The Hall–Kier alpha value is -0.560. The quantitative estimate of drug-likeness (QED) is 0.448. The van der Waals surface area contributed by atoms with E-state index in [-0.39, 0.29) is 0 Å². The van der Waals surface area contributed by atoms with Crippen molar-refractivity contribution in [2.75, 3.05) is 14.2 Å². The lowest BCUT2D eigenvalue weighted by Gasteiger charge is -1.85. The van der Waals surface area contributed by atoms with Gasteiger partial charge in [-0.2, -0.15) is 0 Å². The van der Waals surface area contributed by atoms with Crippen LogP contribution < -0.4 is 0 Å². The summed E-state index contributed by atoms with van der Waals surface area (Å²) in [6.07, 6.45) is 9.82. The Morgan fingerprint density at radius 3 is 2.18 bits per heavy atom. The van der Waals surface area contributed by atoms with E-state index in [1.165, 1.54) is 12.8 Å². The topological polar surface area (TPSA) is 9.23 Å². The fourth-order valence-electron chi connectivity index (χ4n) is 0.547. The number of ether oxygens (including phenoxy) is 1. The minimum absolute atomic E-state index is 1.14. The first-order chi connectivity index (χ1) is 5.33. The van der Waals surface area contributed by atoms with Crippen LogP contribution in [0.3, 0.4) is 0 Å². The van der Waals surface area contributed by atoms with Crippen LogP contribution in [0.15, 0.2) is 24.8 Å². The fraction of sp³-hybridized carbons (Fsp3) is 0.600. The third-order valence-electron chi connectivity index (χ3n) is 1.01. The fourth-order valence-corrected chi connectivity index (χ4v) is 0.547. The van der Waals surface area contributed by atoms with Crippen molar-refractivity contribution in [3.63, 3.8) is 0 Å². The van der Waals surface area contributed by atoms with E-state index < -0.39 is 0 Å². The molecule has 66 valence electrons. The number of hydrogen-bond acceptors (Lipinski definition) is 1. The lowest BCUT2D eigenvalue weighted by atomic mass is 10.2. The molecule has 0 spiro atoms. The molecule has 0 aliphatic rings. The summed E-state index contributed by atoms with van der Waals surface area (Å²) in [6.45, 7) is 5.68. The Morgan fingerprint density at radius 2 is 1.82 bits per heavy atom. The van der Waals surface area contributed by atoms with E-state index in [9.17, 15) is 0 Å². The molecule has 0 amide bonds. The molecule has 0 aliphatic heterocycles. The van der Waals surface area contributed by atoms with Crippen LogP contribution in [-0.2, 0) is 4.74 Å². The summed E-state index contributed by atoms with van der Waals surface area (Å²) in [5.41, 5.74) is 0. The van der Waals surface area contributed by atoms with E-state index in [2.05, 4.69) is 23.5 Å². The molecule has 0 aromatic rings. The maximum absolute atomic E-state index is 4.25. The first kappa shape index (κ1) is 13.1. The minimum atomic E-state index is 1.14. The Balaban J connectivity index is 0. The number of hydrogen-bond donors (Lipinski definition) is 0. The summed E-state index contributed by atoms with van der Waals surface area (Å²) in [6, 6.07) is 0. The van der Waals surface area contributed by atoms with E-state index in [1.54, 1.807) is 14.2 Å². The molecule has 0 saturated carbocycles. The van der Waals surface area contributed by atoms with Crippen LogP contribution in [0.4, 0.5) is 0 Å². The standard InChI is InChI=1S/C8H14.C2H6O/c1-3-5-7-8-6-4-2;1-3-2/h3-4,6H,1,5,7-8H2,2H3;1-2H3. The molecule has 0 heterocycles. The summed E-state index contributed by atoms with van der Waals surface area (Å²) in [5.74, 6) is 0. The lowest BCUT2D eigenvalue weighted by Crippen LogP contribution is -1.65. The Morgan fingerprint density at radius 1 is 1.27 bits per heavy atom. The smallest absolute Gasteiger partial charge is 0.0351 e. The molecule has 1 nitrogen and oxygen atoms in total. The molecule has 0 fully saturated rings. The van der Waals surface area contributed by atoms with Crippen molar-refractivity contribution < 1.29 is 4.74 Å². The number of allylic oxidation sites excluding steroid dienone is 3. The van der Waals surface area contributed by atoms with Gasteiger partial charge in [-0.25, -0.2) is 0 Å². The van der Waals surface area contributed by atoms with Gasteiger partial charge in [0.2, 0.25) is 0 Å². The summed E-state index contributed by atoms with van der Waals surface area (Å²) >= 11 is 0. The van der Waals surface area contributed by atoms with Crippen molar-refractivity contribution in [3.8, 4) is 0 Å². The van der Waals surface area contributed by atoms with Gasteiger partial charge in [0.25, 0.3) is 0 Å². The molecule has 0 aromatic carbocycles. The first-order valence-corrected chi connectivity index (χ1v) is 3.95. The van der Waals surface area contributed by atoms with Crippen molar-refractivity contribution in [2.45, 2.75) is 26.2 Å². The van der Waals surface area contributed by atoms with Crippen LogP contribution in [0.25, 0.3) is 0 Å². The van der Waals surface area contributed by atoms with Crippen molar-refractivity contribution >= 4 is 0 Å². The summed E-state index contributed by atoms with van der Waals surface area (Å²) in [7, 11) is 3.25. The number of rotatable bonds is 4.